The van der Waals surface area contributed by atoms with E-state index in [-0.39, 0.29) is 24.5 Å². The van der Waals surface area contributed by atoms with E-state index in [0.29, 0.717) is 44.8 Å². The zero-order valence-electron chi connectivity index (χ0n) is 27.0. The first-order valence-electron chi connectivity index (χ1n) is 16.6. The normalized spacial score (nSPS) is 19.5. The Kier molecular flexibility index (Phi) is 9.95. The molecule has 2 fully saturated rings. The van der Waals surface area contributed by atoms with Gasteiger partial charge in [-0.25, -0.2) is 6.57 Å². The molecular weight excluding hydrogens is 598 g/mol. The largest absolute Gasteiger partial charge is 0.462 e. The number of carbonyl (C=O) groups excluding carboxylic acids is 1. The summed E-state index contributed by atoms with van der Waals surface area (Å²) in [5, 5.41) is 2.89. The van der Waals surface area contributed by atoms with Gasteiger partial charge in [0.15, 0.2) is 0 Å². The maximum absolute atomic E-state index is 12.6. The first kappa shape index (κ1) is 32.1. The van der Waals surface area contributed by atoms with Crippen LogP contribution in [0.1, 0.15) is 50.3 Å². The number of amides is 1. The Bertz CT molecular complexity index is 1610. The van der Waals surface area contributed by atoms with Gasteiger partial charge in [-0.1, -0.05) is 61.7 Å². The van der Waals surface area contributed by atoms with E-state index in [1.165, 1.54) is 38.2 Å². The molecule has 2 aliphatic heterocycles. The third-order valence-electron chi connectivity index (χ3n) is 10.0. The number of likely N-dealkylation sites (N-methyl/N-ethyl adjacent to an activating group) is 1. The minimum Gasteiger partial charge on any atom is -0.462 e. The van der Waals surface area contributed by atoms with Crippen LogP contribution in [-0.2, 0) is 17.8 Å². The summed E-state index contributed by atoms with van der Waals surface area (Å²) in [4.78, 5) is 35.1. The Morgan fingerprint density at radius 3 is 2.70 bits per heavy atom. The number of anilines is 2. The van der Waals surface area contributed by atoms with Gasteiger partial charge in [0.25, 0.3) is 0 Å². The number of halogens is 1. The zero-order chi connectivity index (χ0) is 32.2. The molecule has 1 amide bonds. The lowest BCUT2D eigenvalue weighted by Gasteiger charge is -2.41. The number of ether oxygens (including phenoxy) is 1. The van der Waals surface area contributed by atoms with Gasteiger partial charge in [0.1, 0.15) is 18.5 Å². The molecule has 1 aromatic heterocycles. The standard InChI is InChI=1S/C36H44ClN7O2/c1-5-33(45)44-20-19-43(22-28(44)21-38-3)35-29-17-18-42(32-16-10-12-26-11-9-15-30(37)34(26)32)23-31(29)39-36(40-35)46-24-25(2)41(4)27-13-7-6-8-14-27/h5,9-12,15-16,25,27-28H,1,6-8,13-14,17-24H2,2,4H3/t25-,28-/m0/s1. The molecule has 0 N–H and O–H groups in total. The fraction of sp³-hybridized carbons (Fsp3) is 0.500. The van der Waals surface area contributed by atoms with E-state index in [1.54, 1.807) is 4.90 Å². The molecule has 0 bridgehead atoms. The monoisotopic (exact) mass is 641 g/mol. The van der Waals surface area contributed by atoms with Crippen LogP contribution >= 0.6 is 11.6 Å². The van der Waals surface area contributed by atoms with Crippen molar-refractivity contribution in [1.82, 2.24) is 19.8 Å². The number of carbonyl (C=O) groups is 1. The number of rotatable bonds is 9. The van der Waals surface area contributed by atoms with Crippen LogP contribution in [0.4, 0.5) is 11.5 Å². The van der Waals surface area contributed by atoms with Crippen LogP contribution in [0.2, 0.25) is 5.02 Å². The predicted octanol–water partition coefficient (Wildman–Crippen LogP) is 6.00. The van der Waals surface area contributed by atoms with E-state index in [2.05, 4.69) is 64.4 Å². The van der Waals surface area contributed by atoms with Crippen molar-refractivity contribution in [1.29, 1.82) is 0 Å². The maximum Gasteiger partial charge on any atom is 0.318 e. The summed E-state index contributed by atoms with van der Waals surface area (Å²) >= 11 is 6.73. The van der Waals surface area contributed by atoms with E-state index in [9.17, 15) is 4.79 Å². The molecule has 2 aromatic carbocycles. The highest BCUT2D eigenvalue weighted by Crippen LogP contribution is 2.37. The maximum atomic E-state index is 12.6. The van der Waals surface area contributed by atoms with Gasteiger partial charge in [-0.15, -0.1) is 0 Å². The molecule has 242 valence electrons. The molecule has 1 saturated heterocycles. The summed E-state index contributed by atoms with van der Waals surface area (Å²) in [6.45, 7) is 17.2. The highest BCUT2D eigenvalue weighted by Gasteiger charge is 2.35. The molecule has 3 heterocycles. The molecule has 1 saturated carbocycles. The predicted molar refractivity (Wildman–Crippen MR) is 185 cm³/mol. The summed E-state index contributed by atoms with van der Waals surface area (Å²) in [6.07, 6.45) is 8.48. The number of hydrogen-bond donors (Lipinski definition) is 0. The van der Waals surface area contributed by atoms with Crippen LogP contribution in [0, 0.1) is 6.57 Å². The average Bonchev–Trinajstić information content (AvgIpc) is 3.09. The zero-order valence-corrected chi connectivity index (χ0v) is 27.8. The van der Waals surface area contributed by atoms with Crippen molar-refractivity contribution in [3.8, 4) is 6.01 Å². The van der Waals surface area contributed by atoms with E-state index < -0.39 is 0 Å². The number of fused-ring (bicyclic) bond motifs is 2. The van der Waals surface area contributed by atoms with Crippen LogP contribution < -0.4 is 14.5 Å². The summed E-state index contributed by atoms with van der Waals surface area (Å²) in [6, 6.07) is 13.3. The molecular formula is C36H44ClN7O2. The van der Waals surface area contributed by atoms with Gasteiger partial charge in [-0.3, -0.25) is 9.69 Å². The Balaban J connectivity index is 1.30. The molecule has 3 aliphatic rings. The Labute approximate surface area is 277 Å². The topological polar surface area (TPSA) is 69.4 Å². The van der Waals surface area contributed by atoms with Gasteiger partial charge >= 0.3 is 6.01 Å². The average molecular weight is 642 g/mol. The molecule has 46 heavy (non-hydrogen) atoms. The SMILES string of the molecule is [C-]#[N+]C[C@H]1CN(c2nc(OC[C@H](C)N(C)C3CCCCC3)nc3c2CCN(c2cccc4cccc(Cl)c24)C3)CCN1C(=O)C=C. The molecule has 1 aliphatic carbocycles. The van der Waals surface area contributed by atoms with Crippen LogP contribution in [-0.4, -0.2) is 90.2 Å². The van der Waals surface area contributed by atoms with Crippen LogP contribution in [0.25, 0.3) is 15.6 Å². The molecule has 3 aromatic rings. The van der Waals surface area contributed by atoms with E-state index in [0.717, 1.165) is 51.5 Å². The van der Waals surface area contributed by atoms with E-state index in [4.69, 9.17) is 32.9 Å². The Hall–Kier alpha value is -3.87. The van der Waals surface area contributed by atoms with Gasteiger partial charge < -0.3 is 24.3 Å². The van der Waals surface area contributed by atoms with Crippen LogP contribution in [0.3, 0.4) is 0 Å². The van der Waals surface area contributed by atoms with E-state index in [1.807, 2.05) is 12.1 Å². The van der Waals surface area contributed by atoms with Crippen molar-refractivity contribution in [2.75, 3.05) is 56.2 Å². The fourth-order valence-electron chi connectivity index (χ4n) is 7.34. The first-order chi connectivity index (χ1) is 22.4. The van der Waals surface area contributed by atoms with Crippen molar-refractivity contribution in [2.24, 2.45) is 0 Å². The second-order valence-corrected chi connectivity index (χ2v) is 13.2. The Morgan fingerprint density at radius 1 is 1.15 bits per heavy atom. The lowest BCUT2D eigenvalue weighted by atomic mass is 9.94. The van der Waals surface area contributed by atoms with Crippen LogP contribution in [0.5, 0.6) is 6.01 Å². The quantitative estimate of drug-likeness (QED) is 0.210. The van der Waals surface area contributed by atoms with Gasteiger partial charge in [-0.05, 0) is 56.8 Å². The molecule has 10 heteroatoms. The third kappa shape index (κ3) is 6.65. The number of benzene rings is 2. The second-order valence-electron chi connectivity index (χ2n) is 12.8. The second kappa shape index (κ2) is 14.3. The van der Waals surface area contributed by atoms with E-state index >= 15 is 0 Å². The summed E-state index contributed by atoms with van der Waals surface area (Å²) < 4.78 is 6.40. The van der Waals surface area contributed by atoms with Gasteiger partial charge in [0.05, 0.1) is 17.3 Å². The summed E-state index contributed by atoms with van der Waals surface area (Å²) in [5.74, 6) is 0.715. The minimum atomic E-state index is -0.242. The molecule has 0 radical (unpaired) electrons. The lowest BCUT2D eigenvalue weighted by Crippen LogP contribution is -2.56. The fourth-order valence-corrected chi connectivity index (χ4v) is 7.62. The Morgan fingerprint density at radius 2 is 1.93 bits per heavy atom. The number of aromatic nitrogens is 2. The molecule has 9 nitrogen and oxygen atoms in total. The summed E-state index contributed by atoms with van der Waals surface area (Å²) in [7, 11) is 2.21. The number of piperazine rings is 1. The number of nitrogens with zero attached hydrogens (tertiary/aromatic N) is 7. The van der Waals surface area contributed by atoms with Crippen molar-refractivity contribution in [2.45, 2.75) is 70.1 Å². The first-order valence-corrected chi connectivity index (χ1v) is 16.9. The smallest absolute Gasteiger partial charge is 0.318 e. The molecule has 0 spiro atoms. The van der Waals surface area contributed by atoms with Crippen molar-refractivity contribution in [3.05, 3.63) is 76.8 Å². The third-order valence-corrected chi connectivity index (χ3v) is 10.4. The summed E-state index contributed by atoms with van der Waals surface area (Å²) in [5.41, 5.74) is 3.13. The van der Waals surface area contributed by atoms with Gasteiger partial charge in [-0.2, -0.15) is 9.97 Å². The molecule has 2 atom stereocenters. The molecule has 0 unspecified atom stereocenters. The van der Waals surface area contributed by atoms with Crippen molar-refractivity contribution < 1.29 is 9.53 Å². The van der Waals surface area contributed by atoms with Crippen molar-refractivity contribution in [3.63, 3.8) is 0 Å². The van der Waals surface area contributed by atoms with Crippen LogP contribution in [0.15, 0.2) is 49.1 Å². The highest BCUT2D eigenvalue weighted by atomic mass is 35.5. The highest BCUT2D eigenvalue weighted by molar-refractivity contribution is 6.36. The molecule has 6 rings (SSSR count). The minimum absolute atomic E-state index is 0.137. The van der Waals surface area contributed by atoms with Crippen molar-refractivity contribution >= 4 is 39.8 Å². The van der Waals surface area contributed by atoms with Gasteiger partial charge in [0, 0.05) is 54.9 Å². The number of hydrogen-bond acceptors (Lipinski definition) is 7. The van der Waals surface area contributed by atoms with Gasteiger partial charge in [0.2, 0.25) is 12.5 Å². The lowest BCUT2D eigenvalue weighted by molar-refractivity contribution is -0.128.